The Morgan fingerprint density at radius 1 is 0.721 bits per heavy atom. The molecule has 7 atom stereocenters. The van der Waals surface area contributed by atoms with E-state index in [2.05, 4.69) is 35.0 Å². The molecule has 0 spiro atoms. The van der Waals surface area contributed by atoms with Crippen molar-refractivity contribution in [2.45, 2.75) is 61.6 Å². The number of nitrogens with one attached hydrogen (secondary N) is 1. The zero-order chi connectivity index (χ0) is 46.8. The SMILES string of the molecule is COc1ccc(C(OC[C@H]2O[C@@H](n3cnc4c(N)ncnc43)C[C@@H]2OP(=O)(NCC2OCCO2)OC[C@H]2O[C@@H](n3cnc4c(N)ncnc43)C[C@@H]2O)(c2ccccc2)c2ccc(OC)cc2)cc1. The summed E-state index contributed by atoms with van der Waals surface area (Å²) >= 11 is 0. The maximum Gasteiger partial charge on any atom is 0.406 e. The number of methoxy groups -OCH3 is 2. The number of hydrogen-bond acceptors (Lipinski definition) is 19. The fourth-order valence-corrected chi connectivity index (χ4v) is 10.3. The zero-order valence-corrected chi connectivity index (χ0v) is 37.9. The molecule has 3 aliphatic heterocycles. The summed E-state index contributed by atoms with van der Waals surface area (Å²) in [6.07, 6.45) is 0.00215. The molecule has 356 valence electrons. The Hall–Kier alpha value is -6.17. The Balaban J connectivity index is 0.980. The number of ether oxygens (including phenoxy) is 7. The van der Waals surface area contributed by atoms with Crippen LogP contribution in [0.2, 0.25) is 0 Å². The third-order valence-corrected chi connectivity index (χ3v) is 13.8. The minimum absolute atomic E-state index is 0.0529. The highest BCUT2D eigenvalue weighted by molar-refractivity contribution is 7.51. The number of benzene rings is 3. The highest BCUT2D eigenvalue weighted by Crippen LogP contribution is 2.51. The highest BCUT2D eigenvalue weighted by Gasteiger charge is 2.47. The van der Waals surface area contributed by atoms with Crippen LogP contribution in [-0.2, 0) is 42.9 Å². The van der Waals surface area contributed by atoms with Crippen molar-refractivity contribution in [1.29, 1.82) is 0 Å². The molecule has 22 nitrogen and oxygen atoms in total. The molecule has 23 heteroatoms. The van der Waals surface area contributed by atoms with E-state index < -0.39 is 56.5 Å². The average Bonchev–Trinajstić information content (AvgIpc) is 4.23. The first-order chi connectivity index (χ1) is 33.1. The molecule has 68 heavy (non-hydrogen) atoms. The van der Waals surface area contributed by atoms with Gasteiger partial charge in [0.05, 0.1) is 66.0 Å². The smallest absolute Gasteiger partial charge is 0.406 e. The molecule has 4 aromatic heterocycles. The number of aromatic nitrogens is 8. The van der Waals surface area contributed by atoms with E-state index in [1.807, 2.05) is 78.9 Å². The first-order valence-electron chi connectivity index (χ1n) is 21.9. The molecule has 0 aliphatic carbocycles. The summed E-state index contributed by atoms with van der Waals surface area (Å²) in [5, 5.41) is 14.2. The molecule has 7 heterocycles. The van der Waals surface area contributed by atoms with Gasteiger partial charge in [0.25, 0.3) is 0 Å². The summed E-state index contributed by atoms with van der Waals surface area (Å²) in [5.41, 5.74) is 15.0. The summed E-state index contributed by atoms with van der Waals surface area (Å²) in [7, 11) is -1.15. The standard InChI is InChI=1S/C45H50N11O11P/c1-59-30-12-8-28(9-13-30)45(27-6-4-3-5-7-27,29-10-14-31(60-2)15-11-29)63-21-35-33(19-37(66-35)56-26-53-40-42(47)49-24-51-44(40)56)67-68(58,54-20-38-61-16-17-62-38)64-22-34-32(57)18-36(65-34)55-25-52-39-41(46)48-23-50-43(39)55/h3-15,23-26,32-38,57H,16-22H2,1-2H3,(H,54,58)(H2,46,48,50)(H2,47,49,51)/t32-,33-,34+,35+,36+,37+,68?/m0/s1. The van der Waals surface area contributed by atoms with Gasteiger partial charge in [-0.25, -0.2) is 39.6 Å². The van der Waals surface area contributed by atoms with Crippen LogP contribution in [0, 0.1) is 0 Å². The Kier molecular flexibility index (Phi) is 13.0. The van der Waals surface area contributed by atoms with Crippen molar-refractivity contribution >= 4 is 41.7 Å². The van der Waals surface area contributed by atoms with Crippen LogP contribution in [0.3, 0.4) is 0 Å². The van der Waals surface area contributed by atoms with Crippen molar-refractivity contribution in [3.8, 4) is 11.5 Å². The third-order valence-electron chi connectivity index (χ3n) is 12.2. The average molecular weight is 952 g/mol. The van der Waals surface area contributed by atoms with Gasteiger partial charge in [0.1, 0.15) is 71.6 Å². The minimum atomic E-state index is -4.37. The molecule has 0 radical (unpaired) electrons. The molecule has 1 unspecified atom stereocenters. The molecule has 10 rings (SSSR count). The van der Waals surface area contributed by atoms with E-state index in [0.717, 1.165) is 16.7 Å². The molecule has 3 aromatic carbocycles. The van der Waals surface area contributed by atoms with Crippen LogP contribution in [0.25, 0.3) is 22.3 Å². The summed E-state index contributed by atoms with van der Waals surface area (Å²) in [5.74, 6) is 1.73. The van der Waals surface area contributed by atoms with Crippen LogP contribution >= 0.6 is 7.75 Å². The van der Waals surface area contributed by atoms with Gasteiger partial charge in [-0.3, -0.25) is 18.2 Å². The van der Waals surface area contributed by atoms with Crippen molar-refractivity contribution in [3.05, 3.63) is 121 Å². The second-order valence-corrected chi connectivity index (χ2v) is 18.0. The van der Waals surface area contributed by atoms with Gasteiger partial charge in [-0.2, -0.15) is 0 Å². The van der Waals surface area contributed by atoms with E-state index in [4.69, 9.17) is 53.7 Å². The molecule has 3 aliphatic rings. The fourth-order valence-electron chi connectivity index (χ4n) is 8.79. The van der Waals surface area contributed by atoms with E-state index in [9.17, 15) is 5.11 Å². The van der Waals surface area contributed by atoms with E-state index in [-0.39, 0.29) is 44.2 Å². The van der Waals surface area contributed by atoms with Gasteiger partial charge in [0.2, 0.25) is 0 Å². The molecular weight excluding hydrogens is 902 g/mol. The molecule has 0 bridgehead atoms. The first kappa shape index (κ1) is 45.6. The zero-order valence-electron chi connectivity index (χ0n) is 37.0. The largest absolute Gasteiger partial charge is 0.497 e. The van der Waals surface area contributed by atoms with Crippen molar-refractivity contribution in [2.24, 2.45) is 0 Å². The second-order valence-electron chi connectivity index (χ2n) is 16.2. The maximum absolute atomic E-state index is 15.3. The summed E-state index contributed by atoms with van der Waals surface area (Å²) < 4.78 is 74.4. The van der Waals surface area contributed by atoms with Crippen molar-refractivity contribution in [2.75, 3.05) is 58.7 Å². The molecule has 0 saturated carbocycles. The topological polar surface area (TPSA) is 272 Å². The number of fused-ring (bicyclic) bond motifs is 2. The number of nitrogens with two attached hydrogens (primary N) is 2. The summed E-state index contributed by atoms with van der Waals surface area (Å²) in [6.45, 7) is 0.216. The second kappa shape index (κ2) is 19.4. The Bertz CT molecular complexity index is 2820. The van der Waals surface area contributed by atoms with Crippen LogP contribution in [0.1, 0.15) is 42.0 Å². The lowest BCUT2D eigenvalue weighted by Gasteiger charge is -2.37. The fraction of sp³-hybridized carbons (Fsp3) is 0.378. The van der Waals surface area contributed by atoms with Gasteiger partial charge in [-0.05, 0) is 41.0 Å². The lowest BCUT2D eigenvalue weighted by molar-refractivity contribution is -0.0926. The Morgan fingerprint density at radius 3 is 1.84 bits per heavy atom. The van der Waals surface area contributed by atoms with Crippen molar-refractivity contribution in [1.82, 2.24) is 44.1 Å². The number of aliphatic hydroxyl groups excluding tert-OH is 1. The highest BCUT2D eigenvalue weighted by atomic mass is 31.2. The van der Waals surface area contributed by atoms with Crippen LogP contribution in [-0.4, -0.2) is 122 Å². The predicted octanol–water partition coefficient (Wildman–Crippen LogP) is 4.26. The van der Waals surface area contributed by atoms with Crippen LogP contribution in [0.4, 0.5) is 11.6 Å². The van der Waals surface area contributed by atoms with Gasteiger partial charge in [0.15, 0.2) is 29.2 Å². The number of hydrogen-bond donors (Lipinski definition) is 4. The Labute approximate surface area is 389 Å². The van der Waals surface area contributed by atoms with E-state index >= 15 is 4.57 Å². The van der Waals surface area contributed by atoms with Gasteiger partial charge in [0, 0.05) is 12.8 Å². The van der Waals surface area contributed by atoms with Crippen LogP contribution in [0.5, 0.6) is 11.5 Å². The first-order valence-corrected chi connectivity index (χ1v) is 23.4. The molecule has 3 saturated heterocycles. The number of nitrogen functional groups attached to an aromatic ring is 2. The number of imidazole rings is 2. The van der Waals surface area contributed by atoms with Gasteiger partial charge >= 0.3 is 7.75 Å². The maximum atomic E-state index is 15.3. The van der Waals surface area contributed by atoms with E-state index in [1.54, 1.807) is 29.7 Å². The quantitative estimate of drug-likeness (QED) is 0.0691. The summed E-state index contributed by atoms with van der Waals surface area (Å²) in [4.78, 5) is 25.7. The number of nitrogens with zero attached hydrogens (tertiary/aromatic N) is 8. The van der Waals surface area contributed by atoms with Crippen LogP contribution < -0.4 is 26.0 Å². The monoisotopic (exact) mass is 951 g/mol. The number of rotatable bonds is 18. The minimum Gasteiger partial charge on any atom is -0.497 e. The van der Waals surface area contributed by atoms with Crippen LogP contribution in [0.15, 0.2) is 104 Å². The molecule has 6 N–H and O–H groups in total. The molecule has 7 aromatic rings. The third kappa shape index (κ3) is 8.98. The predicted molar refractivity (Wildman–Crippen MR) is 243 cm³/mol. The van der Waals surface area contributed by atoms with Gasteiger partial charge in [-0.15, -0.1) is 0 Å². The number of anilines is 2. The van der Waals surface area contributed by atoms with Gasteiger partial charge in [-0.1, -0.05) is 54.6 Å². The molecule has 0 amide bonds. The van der Waals surface area contributed by atoms with Crippen molar-refractivity contribution < 1.29 is 51.9 Å². The molecule has 3 fully saturated rings. The van der Waals surface area contributed by atoms with Gasteiger partial charge < -0.3 is 49.7 Å². The Morgan fingerprint density at radius 2 is 1.26 bits per heavy atom. The number of aliphatic hydroxyl groups is 1. The summed E-state index contributed by atoms with van der Waals surface area (Å²) in [6, 6.07) is 25.1. The molecular formula is C45H50N11O11P. The van der Waals surface area contributed by atoms with E-state index in [0.29, 0.717) is 47.0 Å². The lowest BCUT2D eigenvalue weighted by Crippen LogP contribution is -2.39. The van der Waals surface area contributed by atoms with Crippen molar-refractivity contribution in [3.63, 3.8) is 0 Å². The lowest BCUT2D eigenvalue weighted by atomic mass is 9.80. The normalized spacial score (nSPS) is 23.1. The van der Waals surface area contributed by atoms with E-state index in [1.165, 1.54) is 19.0 Å².